The summed E-state index contributed by atoms with van der Waals surface area (Å²) in [6, 6.07) is 2.96. The first-order chi connectivity index (χ1) is 17.5. The van der Waals surface area contributed by atoms with Gasteiger partial charge in [0.1, 0.15) is 18.1 Å². The smallest absolute Gasteiger partial charge is 0.326 e. The highest BCUT2D eigenvalue weighted by Crippen LogP contribution is 2.19. The molecule has 8 N–H and O–H groups in total. The predicted molar refractivity (Wildman–Crippen MR) is 139 cm³/mol. The minimum Gasteiger partial charge on any atom is -0.480 e. The number of nitrogens with two attached hydrogens (primary N) is 1. The van der Waals surface area contributed by atoms with Gasteiger partial charge in [-0.15, -0.1) is 0 Å². The molecule has 0 spiro atoms. The molecule has 0 bridgehead atoms. The second-order valence-corrected chi connectivity index (χ2v) is 9.81. The van der Waals surface area contributed by atoms with Crippen LogP contribution in [0.2, 0.25) is 0 Å². The van der Waals surface area contributed by atoms with E-state index in [0.717, 1.165) is 16.5 Å². The maximum absolute atomic E-state index is 13.3. The van der Waals surface area contributed by atoms with Crippen LogP contribution in [0.1, 0.15) is 46.1 Å². The second kappa shape index (κ2) is 13.8. The summed E-state index contributed by atoms with van der Waals surface area (Å²) in [4.78, 5) is 53.5. The Bertz CT molecular complexity index is 1080. The fourth-order valence-electron chi connectivity index (χ4n) is 3.94. The lowest BCUT2D eigenvalue weighted by Gasteiger charge is -2.25. The van der Waals surface area contributed by atoms with Crippen LogP contribution < -0.4 is 21.7 Å². The Labute approximate surface area is 216 Å². The van der Waals surface area contributed by atoms with Gasteiger partial charge in [-0.3, -0.25) is 14.4 Å². The van der Waals surface area contributed by atoms with Gasteiger partial charge in [0.2, 0.25) is 17.7 Å². The zero-order chi connectivity index (χ0) is 27.7. The van der Waals surface area contributed by atoms with E-state index in [-0.39, 0.29) is 24.7 Å². The van der Waals surface area contributed by atoms with Crippen molar-refractivity contribution < 1.29 is 29.4 Å². The predicted octanol–water partition coefficient (Wildman–Crippen LogP) is 0.661. The average molecular weight is 518 g/mol. The van der Waals surface area contributed by atoms with Crippen LogP contribution in [-0.2, 0) is 25.6 Å². The van der Waals surface area contributed by atoms with Crippen molar-refractivity contribution in [2.75, 3.05) is 6.61 Å². The van der Waals surface area contributed by atoms with Gasteiger partial charge in [0.05, 0.1) is 12.6 Å². The number of aromatic nitrogens is 1. The summed E-state index contributed by atoms with van der Waals surface area (Å²) in [5.41, 5.74) is 7.70. The van der Waals surface area contributed by atoms with E-state index in [1.54, 1.807) is 6.20 Å². The lowest BCUT2D eigenvalue weighted by molar-refractivity contribution is -0.143. The molecule has 5 unspecified atom stereocenters. The summed E-state index contributed by atoms with van der Waals surface area (Å²) >= 11 is 0. The number of hydrogen-bond donors (Lipinski definition) is 7. The number of benzene rings is 1. The van der Waals surface area contributed by atoms with Crippen molar-refractivity contribution in [2.24, 2.45) is 17.6 Å². The Kier molecular flexibility index (Phi) is 11.1. The number of para-hydroxylation sites is 1. The first kappa shape index (κ1) is 29.8. The van der Waals surface area contributed by atoms with E-state index in [1.165, 1.54) is 0 Å². The van der Waals surface area contributed by atoms with E-state index in [1.807, 2.05) is 52.0 Å². The number of carbonyl (C=O) groups excluding carboxylic acids is 3. The first-order valence-electron chi connectivity index (χ1n) is 12.5. The van der Waals surface area contributed by atoms with Crippen molar-refractivity contribution in [3.05, 3.63) is 36.0 Å². The number of carbonyl (C=O) groups is 4. The van der Waals surface area contributed by atoms with E-state index in [9.17, 15) is 29.4 Å². The fraction of sp³-hybridized carbons (Fsp3) is 0.538. The molecule has 1 heterocycles. The highest BCUT2D eigenvalue weighted by molar-refractivity contribution is 5.95. The van der Waals surface area contributed by atoms with Gasteiger partial charge in [0.25, 0.3) is 0 Å². The average Bonchev–Trinajstić information content (AvgIpc) is 3.27. The van der Waals surface area contributed by atoms with Crippen molar-refractivity contribution in [1.29, 1.82) is 0 Å². The number of aliphatic hydroxyl groups is 1. The summed E-state index contributed by atoms with van der Waals surface area (Å²) in [5.74, 6) is -3.40. The number of aliphatic carboxylic acids is 1. The third kappa shape index (κ3) is 8.29. The molecule has 0 fully saturated rings. The number of rotatable bonds is 14. The van der Waals surface area contributed by atoms with E-state index in [2.05, 4.69) is 20.9 Å². The molecule has 5 atom stereocenters. The van der Waals surface area contributed by atoms with Gasteiger partial charge in [-0.1, -0.05) is 52.3 Å². The van der Waals surface area contributed by atoms with Gasteiger partial charge in [-0.25, -0.2) is 4.79 Å². The lowest BCUT2D eigenvalue weighted by Crippen LogP contribution is -2.59. The van der Waals surface area contributed by atoms with E-state index in [4.69, 9.17) is 5.73 Å². The molecule has 1 aromatic heterocycles. The molecule has 0 aliphatic carbocycles. The topological polar surface area (TPSA) is 187 Å². The van der Waals surface area contributed by atoms with Crippen LogP contribution in [0.3, 0.4) is 0 Å². The molecule has 0 aliphatic heterocycles. The molecule has 0 saturated carbocycles. The maximum Gasteiger partial charge on any atom is 0.326 e. The molecule has 0 aliphatic rings. The minimum atomic E-state index is -1.41. The Hall–Kier alpha value is -3.44. The Morgan fingerprint density at radius 1 is 0.946 bits per heavy atom. The maximum atomic E-state index is 13.3. The second-order valence-electron chi connectivity index (χ2n) is 9.81. The fourth-order valence-corrected chi connectivity index (χ4v) is 3.94. The van der Waals surface area contributed by atoms with Crippen LogP contribution in [-0.4, -0.2) is 69.7 Å². The van der Waals surface area contributed by atoms with Crippen LogP contribution in [0.15, 0.2) is 30.5 Å². The third-order valence-corrected chi connectivity index (χ3v) is 6.43. The molecule has 204 valence electrons. The number of H-pyrrole nitrogens is 1. The van der Waals surface area contributed by atoms with Crippen molar-refractivity contribution >= 4 is 34.6 Å². The number of carboxylic acids is 1. The molecule has 0 saturated heterocycles. The van der Waals surface area contributed by atoms with Crippen molar-refractivity contribution in [2.45, 2.75) is 71.1 Å². The Morgan fingerprint density at radius 2 is 1.54 bits per heavy atom. The number of hydrogen-bond acceptors (Lipinski definition) is 6. The van der Waals surface area contributed by atoms with Gasteiger partial charge < -0.3 is 36.9 Å². The van der Waals surface area contributed by atoms with Crippen LogP contribution in [0.5, 0.6) is 0 Å². The zero-order valence-corrected chi connectivity index (χ0v) is 21.8. The van der Waals surface area contributed by atoms with Crippen molar-refractivity contribution in [3.63, 3.8) is 0 Å². The number of amides is 3. The molecule has 11 heteroatoms. The van der Waals surface area contributed by atoms with Crippen LogP contribution >= 0.6 is 0 Å². The largest absolute Gasteiger partial charge is 0.480 e. The normalized spacial score (nSPS) is 15.4. The quantitative estimate of drug-likeness (QED) is 0.192. The molecule has 1 aromatic carbocycles. The highest BCUT2D eigenvalue weighted by Gasteiger charge is 2.31. The Balaban J connectivity index is 2.24. The number of fused-ring (bicyclic) bond motifs is 1. The van der Waals surface area contributed by atoms with Crippen molar-refractivity contribution in [3.8, 4) is 0 Å². The minimum absolute atomic E-state index is 0.00550. The first-order valence-corrected chi connectivity index (χ1v) is 12.5. The zero-order valence-electron chi connectivity index (χ0n) is 21.8. The van der Waals surface area contributed by atoms with Crippen LogP contribution in [0.25, 0.3) is 10.9 Å². The third-order valence-electron chi connectivity index (χ3n) is 6.43. The number of aromatic amines is 1. The summed E-state index contributed by atoms with van der Waals surface area (Å²) < 4.78 is 0. The molecular formula is C26H39N5O6. The van der Waals surface area contributed by atoms with Crippen LogP contribution in [0.4, 0.5) is 0 Å². The molecule has 37 heavy (non-hydrogen) atoms. The highest BCUT2D eigenvalue weighted by atomic mass is 16.4. The number of nitrogens with one attached hydrogen (secondary N) is 4. The lowest BCUT2D eigenvalue weighted by atomic mass is 9.98. The summed E-state index contributed by atoms with van der Waals surface area (Å²) in [5, 5.41) is 27.6. The molecule has 3 amide bonds. The van der Waals surface area contributed by atoms with Gasteiger partial charge in [0, 0.05) is 23.5 Å². The number of aliphatic hydroxyl groups excluding tert-OH is 1. The van der Waals surface area contributed by atoms with E-state index < -0.39 is 54.5 Å². The Morgan fingerprint density at radius 3 is 2.14 bits per heavy atom. The number of carboxylic acid groups (broad SMARTS) is 1. The van der Waals surface area contributed by atoms with Gasteiger partial charge in [0.15, 0.2) is 0 Å². The standard InChI is InChI=1S/C26H39N5O6/c1-5-15(4)22(27)25(35)29-19(11-16-12-28-18-9-7-6-8-17(16)18)23(33)31-21(13-32)24(34)30-20(26(36)37)10-14(2)3/h6-9,12,14-15,19-22,28,32H,5,10-11,13,27H2,1-4H3,(H,29,35)(H,30,34)(H,31,33)(H,36,37). The molecule has 2 rings (SSSR count). The van der Waals surface area contributed by atoms with Gasteiger partial charge in [-0.2, -0.15) is 0 Å². The van der Waals surface area contributed by atoms with Gasteiger partial charge >= 0.3 is 5.97 Å². The monoisotopic (exact) mass is 517 g/mol. The summed E-state index contributed by atoms with van der Waals surface area (Å²) in [6.07, 6.45) is 2.69. The van der Waals surface area contributed by atoms with Gasteiger partial charge in [-0.05, 0) is 29.9 Å². The van der Waals surface area contributed by atoms with Crippen LogP contribution in [0, 0.1) is 11.8 Å². The SMILES string of the molecule is CCC(C)C(N)C(=O)NC(Cc1c[nH]c2ccccc12)C(=O)NC(CO)C(=O)NC(CC(C)C)C(=O)O. The van der Waals surface area contributed by atoms with Crippen molar-refractivity contribution in [1.82, 2.24) is 20.9 Å². The summed E-state index contributed by atoms with van der Waals surface area (Å²) in [7, 11) is 0. The molecule has 0 radical (unpaired) electrons. The molecule has 11 nitrogen and oxygen atoms in total. The molecular weight excluding hydrogens is 478 g/mol. The summed E-state index contributed by atoms with van der Waals surface area (Å²) in [6.45, 7) is 6.61. The molecule has 2 aromatic rings. The van der Waals surface area contributed by atoms with E-state index >= 15 is 0 Å². The van der Waals surface area contributed by atoms with E-state index in [0.29, 0.717) is 6.42 Å².